The van der Waals surface area contributed by atoms with Crippen molar-refractivity contribution in [2.75, 3.05) is 25.6 Å². The molecule has 0 N–H and O–H groups in total. The molecule has 6 nitrogen and oxygen atoms in total. The highest BCUT2D eigenvalue weighted by Crippen LogP contribution is 2.47. The number of aromatic nitrogens is 1. The minimum atomic E-state index is -0.0114. The number of allylic oxidation sites excluding steroid dienone is 1. The SMILES string of the molecule is Cc1cc(-c2cccs2)nc2cc(N(C3(CN(C)C)CCC3)[N+]34C=CN=CC3=CN=C4)ccc12. The van der Waals surface area contributed by atoms with Gasteiger partial charge in [-0.2, -0.15) is 0 Å². The van der Waals surface area contributed by atoms with E-state index in [4.69, 9.17) is 4.98 Å². The van der Waals surface area contributed by atoms with Crippen LogP contribution in [0.2, 0.25) is 0 Å². The minimum Gasteiger partial charge on any atom is -0.307 e. The molecule has 0 radical (unpaired) electrons. The molecule has 172 valence electrons. The first-order valence-electron chi connectivity index (χ1n) is 11.8. The minimum absolute atomic E-state index is 0.0114. The van der Waals surface area contributed by atoms with Crippen molar-refractivity contribution in [3.05, 3.63) is 71.6 Å². The average molecular weight is 470 g/mol. The summed E-state index contributed by atoms with van der Waals surface area (Å²) in [5.74, 6) is 0. The zero-order valence-electron chi connectivity index (χ0n) is 19.8. The van der Waals surface area contributed by atoms with Gasteiger partial charge in [-0.1, -0.05) is 12.1 Å². The maximum atomic E-state index is 5.11. The normalized spacial score (nSPS) is 22.2. The number of hydrogen-bond acceptors (Lipinski definition) is 6. The van der Waals surface area contributed by atoms with Crippen molar-refractivity contribution in [3.63, 3.8) is 0 Å². The van der Waals surface area contributed by atoms with Crippen LogP contribution in [0.3, 0.4) is 0 Å². The van der Waals surface area contributed by atoms with Gasteiger partial charge in [0.15, 0.2) is 6.20 Å². The summed E-state index contributed by atoms with van der Waals surface area (Å²) in [4.78, 5) is 17.6. The average Bonchev–Trinajstić information content (AvgIpc) is 3.47. The summed E-state index contributed by atoms with van der Waals surface area (Å²) in [6, 6.07) is 13.2. The maximum Gasteiger partial charge on any atom is 0.225 e. The van der Waals surface area contributed by atoms with Crippen LogP contribution in [0.15, 0.2) is 76.1 Å². The summed E-state index contributed by atoms with van der Waals surface area (Å²) in [7, 11) is 4.33. The zero-order chi connectivity index (χ0) is 23.3. The molecule has 2 aliphatic heterocycles. The number of likely N-dealkylation sites (N-methyl/N-ethyl adjacent to an activating group) is 1. The lowest BCUT2D eigenvalue weighted by Gasteiger charge is -2.55. The van der Waals surface area contributed by atoms with Crippen molar-refractivity contribution in [3.8, 4) is 10.6 Å². The smallest absolute Gasteiger partial charge is 0.225 e. The molecule has 0 saturated heterocycles. The van der Waals surface area contributed by atoms with Gasteiger partial charge < -0.3 is 4.90 Å². The quantitative estimate of drug-likeness (QED) is 0.433. The van der Waals surface area contributed by atoms with Crippen LogP contribution in [0, 0.1) is 6.92 Å². The molecule has 4 heterocycles. The number of thiophene rings is 1. The number of fused-ring (bicyclic) bond motifs is 2. The Morgan fingerprint density at radius 2 is 2.00 bits per heavy atom. The van der Waals surface area contributed by atoms with Crippen molar-refractivity contribution in [2.24, 2.45) is 9.98 Å². The molecule has 0 bridgehead atoms. The van der Waals surface area contributed by atoms with Gasteiger partial charge in [0.05, 0.1) is 40.4 Å². The summed E-state index contributed by atoms with van der Waals surface area (Å²) < 4.78 is 0.437. The van der Waals surface area contributed by atoms with Gasteiger partial charge >= 0.3 is 0 Å². The van der Waals surface area contributed by atoms with E-state index in [1.807, 2.05) is 25.0 Å². The van der Waals surface area contributed by atoms with E-state index in [1.54, 1.807) is 11.3 Å². The van der Waals surface area contributed by atoms with Crippen molar-refractivity contribution in [2.45, 2.75) is 31.7 Å². The summed E-state index contributed by atoms with van der Waals surface area (Å²) in [5.41, 5.74) is 5.52. The lowest BCUT2D eigenvalue weighted by Crippen LogP contribution is -2.70. The van der Waals surface area contributed by atoms with Crippen LogP contribution in [0.5, 0.6) is 0 Å². The Labute approximate surface area is 204 Å². The third-order valence-electron chi connectivity index (χ3n) is 7.14. The van der Waals surface area contributed by atoms with Crippen LogP contribution in [0.1, 0.15) is 24.8 Å². The highest BCUT2D eigenvalue weighted by molar-refractivity contribution is 7.13. The van der Waals surface area contributed by atoms with Crippen LogP contribution < -0.4 is 5.01 Å². The molecular formula is C27H29N6S+. The van der Waals surface area contributed by atoms with Crippen LogP contribution in [0.4, 0.5) is 5.69 Å². The Morgan fingerprint density at radius 1 is 1.12 bits per heavy atom. The predicted molar refractivity (Wildman–Crippen MR) is 142 cm³/mol. The van der Waals surface area contributed by atoms with E-state index in [0.29, 0.717) is 4.59 Å². The van der Waals surface area contributed by atoms with Gasteiger partial charge in [-0.25, -0.2) is 15.0 Å². The van der Waals surface area contributed by atoms with E-state index in [2.05, 4.69) is 88.9 Å². The molecule has 3 aromatic rings. The molecule has 2 aromatic heterocycles. The first-order chi connectivity index (χ1) is 16.5. The number of pyridine rings is 1. The first kappa shape index (κ1) is 21.4. The van der Waals surface area contributed by atoms with Gasteiger partial charge in [0.2, 0.25) is 12.0 Å². The van der Waals surface area contributed by atoms with Crippen molar-refractivity contribution in [1.29, 1.82) is 0 Å². The molecule has 3 aliphatic rings. The van der Waals surface area contributed by atoms with Crippen molar-refractivity contribution in [1.82, 2.24) is 9.88 Å². The van der Waals surface area contributed by atoms with Crippen LogP contribution >= 0.6 is 11.3 Å². The van der Waals surface area contributed by atoms with Gasteiger partial charge in [-0.3, -0.25) is 4.99 Å². The summed E-state index contributed by atoms with van der Waals surface area (Å²) >= 11 is 1.73. The van der Waals surface area contributed by atoms with E-state index in [-0.39, 0.29) is 5.54 Å². The van der Waals surface area contributed by atoms with Crippen LogP contribution in [-0.2, 0) is 0 Å². The molecule has 7 heteroatoms. The first-order valence-corrected chi connectivity index (χ1v) is 12.6. The summed E-state index contributed by atoms with van der Waals surface area (Å²) in [6.07, 6.45) is 13.4. The number of nitrogens with zero attached hydrogens (tertiary/aromatic N) is 6. The molecule has 1 fully saturated rings. The summed E-state index contributed by atoms with van der Waals surface area (Å²) in [5, 5.41) is 5.85. The van der Waals surface area contributed by atoms with Gasteiger partial charge in [-0.05, 0) is 75.5 Å². The second-order valence-corrected chi connectivity index (χ2v) is 10.7. The highest BCUT2D eigenvalue weighted by Gasteiger charge is 2.55. The molecule has 6 rings (SSSR count). The Morgan fingerprint density at radius 3 is 2.74 bits per heavy atom. The van der Waals surface area contributed by atoms with Gasteiger partial charge in [-0.15, -0.1) is 15.9 Å². The van der Waals surface area contributed by atoms with Gasteiger partial charge in [0.25, 0.3) is 0 Å². The number of aryl methyl sites for hydroxylation is 1. The summed E-state index contributed by atoms with van der Waals surface area (Å²) in [6.45, 7) is 3.15. The zero-order valence-corrected chi connectivity index (χ0v) is 20.7. The Kier molecular flexibility index (Phi) is 5.02. The molecule has 1 aliphatic carbocycles. The lowest BCUT2D eigenvalue weighted by molar-refractivity contribution is -0.751. The Balaban J connectivity index is 1.55. The maximum absolute atomic E-state index is 5.11. The predicted octanol–water partition coefficient (Wildman–Crippen LogP) is 5.73. The van der Waals surface area contributed by atoms with E-state index >= 15 is 0 Å². The standard InChI is InChI=1S/C27H29N6S/c1-20-14-25(26-6-4-13-34-26)30-24-15-21(7-8-23(20)24)32(27(9-5-10-27)18-31(2)3)33-12-11-28-16-22(33)17-29-19-33/h4,6-8,11-17,19H,5,9-10,18H2,1-3H3/q+1. The topological polar surface area (TPSA) is 44.1 Å². The molecule has 0 spiro atoms. The molecular weight excluding hydrogens is 440 g/mol. The molecule has 1 atom stereocenters. The number of benzene rings is 1. The second-order valence-electron chi connectivity index (χ2n) is 9.76. The van der Waals surface area contributed by atoms with Gasteiger partial charge in [0.1, 0.15) is 5.54 Å². The number of aliphatic imine (C=N–C) groups is 2. The third-order valence-corrected chi connectivity index (χ3v) is 8.04. The van der Waals surface area contributed by atoms with Crippen molar-refractivity contribution < 1.29 is 4.59 Å². The highest BCUT2D eigenvalue weighted by atomic mass is 32.1. The molecule has 1 unspecified atom stereocenters. The lowest BCUT2D eigenvalue weighted by atomic mass is 9.75. The number of quaternary nitrogens is 1. The number of anilines is 1. The second kappa shape index (κ2) is 7.98. The van der Waals surface area contributed by atoms with Crippen LogP contribution in [-0.4, -0.2) is 53.2 Å². The third kappa shape index (κ3) is 3.27. The fourth-order valence-electron chi connectivity index (χ4n) is 5.61. The van der Waals surface area contributed by atoms with Crippen molar-refractivity contribution >= 4 is 40.5 Å². The fourth-order valence-corrected chi connectivity index (χ4v) is 6.30. The van der Waals surface area contributed by atoms with Crippen LogP contribution in [0.25, 0.3) is 21.5 Å². The molecule has 1 aromatic carbocycles. The number of rotatable bonds is 6. The van der Waals surface area contributed by atoms with E-state index in [1.165, 1.54) is 22.2 Å². The Bertz CT molecular complexity index is 1360. The Hall–Kier alpha value is -3.13. The van der Waals surface area contributed by atoms with E-state index < -0.39 is 0 Å². The fraction of sp³-hybridized carbons (Fsp3) is 0.296. The largest absolute Gasteiger partial charge is 0.307 e. The molecule has 0 amide bonds. The number of hydrogen-bond donors (Lipinski definition) is 0. The monoisotopic (exact) mass is 469 g/mol. The molecule has 34 heavy (non-hydrogen) atoms. The molecule has 1 saturated carbocycles. The van der Waals surface area contributed by atoms with E-state index in [0.717, 1.165) is 42.0 Å². The van der Waals surface area contributed by atoms with Gasteiger partial charge in [0, 0.05) is 11.9 Å². The van der Waals surface area contributed by atoms with E-state index in [9.17, 15) is 0 Å².